The Morgan fingerprint density at radius 2 is 1.93 bits per heavy atom. The van der Waals surface area contributed by atoms with Crippen LogP contribution in [0.4, 0.5) is 0 Å². The zero-order valence-corrected chi connectivity index (χ0v) is 14.9. The summed E-state index contributed by atoms with van der Waals surface area (Å²) in [6.07, 6.45) is 3.74. The average molecular weight is 375 g/mol. The summed E-state index contributed by atoms with van der Waals surface area (Å²) < 4.78 is 12.3. The van der Waals surface area contributed by atoms with Crippen molar-refractivity contribution in [3.05, 3.63) is 88.9 Å². The molecule has 0 saturated heterocycles. The number of esters is 1. The first kappa shape index (κ1) is 17.7. The van der Waals surface area contributed by atoms with Crippen molar-refractivity contribution in [2.75, 3.05) is 0 Å². The van der Waals surface area contributed by atoms with Crippen molar-refractivity contribution >= 4 is 11.6 Å². The molecule has 0 fully saturated rings. The van der Waals surface area contributed by atoms with E-state index < -0.39 is 5.97 Å². The van der Waals surface area contributed by atoms with Crippen molar-refractivity contribution in [2.24, 2.45) is 0 Å². The molecule has 1 aromatic carbocycles. The molecule has 0 atom stereocenters. The van der Waals surface area contributed by atoms with Crippen LogP contribution in [0.5, 0.6) is 0 Å². The van der Waals surface area contributed by atoms with E-state index in [1.54, 1.807) is 30.6 Å². The Morgan fingerprint density at radius 1 is 1.11 bits per heavy atom. The summed E-state index contributed by atoms with van der Waals surface area (Å²) in [5.74, 6) is 0.720. The Balaban J connectivity index is 1.33. The zero-order valence-electron chi connectivity index (χ0n) is 14.9. The number of ether oxygens (including phenoxy) is 1. The number of aromatic nitrogens is 3. The van der Waals surface area contributed by atoms with E-state index in [-0.39, 0.29) is 18.6 Å². The third-order valence-corrected chi connectivity index (χ3v) is 4.16. The highest BCUT2D eigenvalue weighted by molar-refractivity contribution is 5.69. The van der Waals surface area contributed by atoms with Crippen molar-refractivity contribution in [3.63, 3.8) is 0 Å². The Kier molecular flexibility index (Phi) is 4.97. The predicted molar refractivity (Wildman–Crippen MR) is 102 cm³/mol. The molecule has 4 aromatic rings. The number of pyridine rings is 1. The number of carbonyl (C=O) groups excluding carboxylic acids is 1. The molecule has 3 heterocycles. The van der Waals surface area contributed by atoms with Crippen molar-refractivity contribution in [1.82, 2.24) is 14.4 Å². The van der Waals surface area contributed by atoms with Gasteiger partial charge in [0.1, 0.15) is 12.3 Å². The highest BCUT2D eigenvalue weighted by atomic mass is 16.5. The van der Waals surface area contributed by atoms with Crippen LogP contribution in [0.3, 0.4) is 0 Å². The van der Waals surface area contributed by atoms with Gasteiger partial charge in [-0.3, -0.25) is 14.0 Å². The van der Waals surface area contributed by atoms with E-state index in [1.807, 2.05) is 30.3 Å². The lowest BCUT2D eigenvalue weighted by molar-refractivity contribution is -0.145. The largest absolute Gasteiger partial charge is 0.459 e. The van der Waals surface area contributed by atoms with Crippen molar-refractivity contribution in [3.8, 4) is 11.3 Å². The van der Waals surface area contributed by atoms with Crippen LogP contribution in [0, 0.1) is 0 Å². The maximum atomic E-state index is 12.0. The lowest BCUT2D eigenvalue weighted by Gasteiger charge is -2.05. The molecule has 0 radical (unpaired) electrons. The van der Waals surface area contributed by atoms with E-state index >= 15 is 0 Å². The van der Waals surface area contributed by atoms with Crippen LogP contribution >= 0.6 is 0 Å². The third-order valence-electron chi connectivity index (χ3n) is 4.16. The van der Waals surface area contributed by atoms with Gasteiger partial charge >= 0.3 is 5.97 Å². The van der Waals surface area contributed by atoms with Gasteiger partial charge in [0.15, 0.2) is 11.7 Å². The summed E-state index contributed by atoms with van der Waals surface area (Å²) in [5, 5.41) is 0. The molecule has 0 aliphatic rings. The van der Waals surface area contributed by atoms with E-state index in [9.17, 15) is 9.59 Å². The summed E-state index contributed by atoms with van der Waals surface area (Å²) in [6.45, 7) is -0.0552. The summed E-state index contributed by atoms with van der Waals surface area (Å²) in [7, 11) is 0. The second kappa shape index (κ2) is 7.87. The molecule has 0 aliphatic carbocycles. The minimum Gasteiger partial charge on any atom is -0.459 e. The third kappa shape index (κ3) is 3.98. The minimum atomic E-state index is -0.408. The predicted octanol–water partition coefficient (Wildman–Crippen LogP) is 3.03. The fourth-order valence-corrected chi connectivity index (χ4v) is 2.77. The smallest absolute Gasteiger partial charge is 0.306 e. The second-order valence-corrected chi connectivity index (χ2v) is 6.16. The van der Waals surface area contributed by atoms with Crippen LogP contribution in [0.15, 0.2) is 76.2 Å². The first-order chi connectivity index (χ1) is 13.7. The molecule has 28 heavy (non-hydrogen) atoms. The quantitative estimate of drug-likeness (QED) is 0.482. The van der Waals surface area contributed by atoms with Crippen LogP contribution in [-0.2, 0) is 22.6 Å². The topological polar surface area (TPSA) is 86.7 Å². The molecule has 0 unspecified atom stereocenters. The van der Waals surface area contributed by atoms with Gasteiger partial charge in [0.05, 0.1) is 18.3 Å². The summed E-state index contributed by atoms with van der Waals surface area (Å²) in [4.78, 5) is 32.6. The summed E-state index contributed by atoms with van der Waals surface area (Å²) in [5.41, 5.74) is 1.63. The number of carbonyl (C=O) groups is 1. The highest BCUT2D eigenvalue weighted by Crippen LogP contribution is 2.20. The van der Waals surface area contributed by atoms with Gasteiger partial charge in [-0.2, -0.15) is 0 Å². The zero-order chi connectivity index (χ0) is 19.3. The summed E-state index contributed by atoms with van der Waals surface area (Å²) >= 11 is 0. The van der Waals surface area contributed by atoms with E-state index in [0.717, 1.165) is 5.56 Å². The van der Waals surface area contributed by atoms with Gasteiger partial charge in [-0.15, -0.1) is 0 Å². The molecule has 3 aromatic heterocycles. The lowest BCUT2D eigenvalue weighted by atomic mass is 10.2. The van der Waals surface area contributed by atoms with Crippen LogP contribution < -0.4 is 5.56 Å². The van der Waals surface area contributed by atoms with Crippen molar-refractivity contribution in [1.29, 1.82) is 0 Å². The van der Waals surface area contributed by atoms with Gasteiger partial charge in [0.2, 0.25) is 0 Å². The van der Waals surface area contributed by atoms with Gasteiger partial charge < -0.3 is 9.15 Å². The van der Waals surface area contributed by atoms with Gasteiger partial charge in [-0.1, -0.05) is 36.4 Å². The Morgan fingerprint density at radius 3 is 2.79 bits per heavy atom. The second-order valence-electron chi connectivity index (χ2n) is 6.16. The van der Waals surface area contributed by atoms with Gasteiger partial charge in [0.25, 0.3) is 5.56 Å². The van der Waals surface area contributed by atoms with Crippen LogP contribution in [0.2, 0.25) is 0 Å². The normalized spacial score (nSPS) is 10.9. The Bertz CT molecular complexity index is 1160. The monoisotopic (exact) mass is 375 g/mol. The van der Waals surface area contributed by atoms with E-state index in [2.05, 4.69) is 9.97 Å². The molecule has 4 rings (SSSR count). The number of aryl methyl sites for hydroxylation is 1. The molecule has 7 heteroatoms. The molecule has 140 valence electrons. The fourth-order valence-electron chi connectivity index (χ4n) is 2.77. The first-order valence-electron chi connectivity index (χ1n) is 8.82. The number of fused-ring (bicyclic) bond motifs is 1. The number of hydrogen-bond donors (Lipinski definition) is 0. The maximum Gasteiger partial charge on any atom is 0.306 e. The minimum absolute atomic E-state index is 0.0552. The summed E-state index contributed by atoms with van der Waals surface area (Å²) in [6, 6.07) is 16.2. The van der Waals surface area contributed by atoms with Gasteiger partial charge in [-0.25, -0.2) is 9.97 Å². The number of hydrogen-bond acceptors (Lipinski definition) is 6. The average Bonchev–Trinajstić information content (AvgIpc) is 3.21. The highest BCUT2D eigenvalue weighted by Gasteiger charge is 2.11. The number of nitrogens with zero attached hydrogens (tertiary/aromatic N) is 3. The fraction of sp³-hybridized carbons (Fsp3) is 0.143. The van der Waals surface area contributed by atoms with E-state index in [1.165, 1.54) is 10.5 Å². The van der Waals surface area contributed by atoms with E-state index in [0.29, 0.717) is 29.4 Å². The van der Waals surface area contributed by atoms with Crippen LogP contribution in [-0.4, -0.2) is 20.3 Å². The number of benzene rings is 1. The van der Waals surface area contributed by atoms with E-state index in [4.69, 9.17) is 9.15 Å². The van der Waals surface area contributed by atoms with Gasteiger partial charge in [-0.05, 0) is 12.1 Å². The molecule has 0 saturated carbocycles. The lowest BCUT2D eigenvalue weighted by Crippen LogP contribution is -2.16. The standard InChI is InChI=1S/C21H17N3O4/c25-20-12-16(23-18-8-4-5-11-24(18)20)14-27-21(26)10-9-19-22-13-17(28-19)15-6-2-1-3-7-15/h1-8,11-13H,9-10,14H2. The molecule has 0 amide bonds. The number of oxazole rings is 1. The van der Waals surface area contributed by atoms with Crippen molar-refractivity contribution < 1.29 is 13.9 Å². The van der Waals surface area contributed by atoms with Gasteiger partial charge in [0, 0.05) is 24.2 Å². The SMILES string of the molecule is O=C(CCc1ncc(-c2ccccc2)o1)OCc1cc(=O)n2ccccc2n1. The van der Waals surface area contributed by atoms with Crippen LogP contribution in [0.1, 0.15) is 18.0 Å². The molecule has 0 N–H and O–H groups in total. The molecule has 0 bridgehead atoms. The molecular formula is C21H17N3O4. The van der Waals surface area contributed by atoms with Crippen LogP contribution in [0.25, 0.3) is 17.0 Å². The molecule has 0 spiro atoms. The maximum absolute atomic E-state index is 12.0. The Hall–Kier alpha value is -3.74. The molecule has 7 nitrogen and oxygen atoms in total. The molecule has 0 aliphatic heterocycles. The van der Waals surface area contributed by atoms with Crippen molar-refractivity contribution in [2.45, 2.75) is 19.4 Å². The Labute approximate surface area is 160 Å². The number of rotatable bonds is 6. The first-order valence-corrected chi connectivity index (χ1v) is 8.82. The molecular weight excluding hydrogens is 358 g/mol.